The molecule has 0 aliphatic rings. The third-order valence-corrected chi connectivity index (χ3v) is 3.50. The van der Waals surface area contributed by atoms with E-state index in [9.17, 15) is 5.26 Å². The van der Waals surface area contributed by atoms with Crippen LogP contribution >= 0.6 is 0 Å². The first-order valence-corrected chi connectivity index (χ1v) is 7.14. The summed E-state index contributed by atoms with van der Waals surface area (Å²) in [5.74, 6) is 0.539. The highest BCUT2D eigenvalue weighted by molar-refractivity contribution is 5.56. The third kappa shape index (κ3) is 3.16. The fourth-order valence-corrected chi connectivity index (χ4v) is 2.29. The molecule has 0 aromatic carbocycles. The van der Waals surface area contributed by atoms with E-state index in [1.165, 1.54) is 0 Å². The zero-order valence-corrected chi connectivity index (χ0v) is 12.6. The van der Waals surface area contributed by atoms with Crippen LogP contribution in [0.4, 0.5) is 5.82 Å². The van der Waals surface area contributed by atoms with E-state index >= 15 is 0 Å². The number of nitrogens with zero attached hydrogens (tertiary/aromatic N) is 4. The molecular formula is C16H19N5. The van der Waals surface area contributed by atoms with Crippen LogP contribution in [0, 0.1) is 18.3 Å². The Kier molecular flexibility index (Phi) is 4.83. The van der Waals surface area contributed by atoms with E-state index in [1.54, 1.807) is 6.20 Å². The fourth-order valence-electron chi connectivity index (χ4n) is 2.29. The van der Waals surface area contributed by atoms with Crippen LogP contribution in [0.25, 0.3) is 0 Å². The number of nitrogens with one attached hydrogen (secondary N) is 1. The number of pyridine rings is 1. The monoisotopic (exact) mass is 281 g/mol. The lowest BCUT2D eigenvalue weighted by molar-refractivity contribution is 0.865. The number of hydrogen-bond acceptors (Lipinski definition) is 5. The summed E-state index contributed by atoms with van der Waals surface area (Å²) in [5, 5.41) is 21.0. The second-order valence-electron chi connectivity index (χ2n) is 4.79. The summed E-state index contributed by atoms with van der Waals surface area (Å²) in [6, 6.07) is 6.18. The number of aryl methyl sites for hydroxylation is 2. The molecule has 2 heterocycles. The molecule has 5 nitrogen and oxygen atoms in total. The summed E-state index contributed by atoms with van der Waals surface area (Å²) in [6.07, 6.45) is 3.32. The molecule has 0 saturated heterocycles. The Morgan fingerprint density at radius 1 is 1.19 bits per heavy atom. The zero-order chi connectivity index (χ0) is 15.2. The van der Waals surface area contributed by atoms with Crippen LogP contribution in [0.1, 0.15) is 41.9 Å². The minimum absolute atomic E-state index is 0.532. The molecule has 0 radical (unpaired) electrons. The van der Waals surface area contributed by atoms with Crippen LogP contribution in [0.2, 0.25) is 0 Å². The molecule has 0 aliphatic heterocycles. The summed E-state index contributed by atoms with van der Waals surface area (Å²) in [7, 11) is 0. The molecule has 0 amide bonds. The van der Waals surface area contributed by atoms with Crippen LogP contribution in [-0.4, -0.2) is 15.2 Å². The van der Waals surface area contributed by atoms with E-state index in [0.29, 0.717) is 17.9 Å². The molecule has 1 N–H and O–H groups in total. The topological polar surface area (TPSA) is 74.5 Å². The van der Waals surface area contributed by atoms with Gasteiger partial charge in [0.15, 0.2) is 5.82 Å². The lowest BCUT2D eigenvalue weighted by Gasteiger charge is -2.12. The van der Waals surface area contributed by atoms with Crippen molar-refractivity contribution >= 4 is 5.82 Å². The van der Waals surface area contributed by atoms with Gasteiger partial charge in [0.25, 0.3) is 0 Å². The third-order valence-electron chi connectivity index (χ3n) is 3.50. The lowest BCUT2D eigenvalue weighted by Crippen LogP contribution is -2.11. The standard InChI is InChI=1S/C16H19N5/c1-4-12-13(9-17)16(21-20-14(12)5-2)19-10-15-11(3)7-6-8-18-15/h6-8H,4-5,10H2,1-3H3,(H,19,21). The SMILES string of the molecule is CCc1nnc(NCc2ncccc2C)c(C#N)c1CC. The van der Waals surface area contributed by atoms with Crippen molar-refractivity contribution in [3.8, 4) is 6.07 Å². The van der Waals surface area contributed by atoms with Gasteiger partial charge in [0.2, 0.25) is 0 Å². The zero-order valence-electron chi connectivity index (χ0n) is 12.6. The molecular weight excluding hydrogens is 262 g/mol. The number of rotatable bonds is 5. The summed E-state index contributed by atoms with van der Waals surface area (Å²) < 4.78 is 0. The molecule has 21 heavy (non-hydrogen) atoms. The first kappa shape index (κ1) is 14.9. The quantitative estimate of drug-likeness (QED) is 0.912. The number of anilines is 1. The highest BCUT2D eigenvalue weighted by atomic mass is 15.2. The van der Waals surface area contributed by atoms with Gasteiger partial charge in [-0.1, -0.05) is 19.9 Å². The molecule has 5 heteroatoms. The Morgan fingerprint density at radius 2 is 2.00 bits per heavy atom. The first-order valence-electron chi connectivity index (χ1n) is 7.14. The lowest BCUT2D eigenvalue weighted by atomic mass is 10.0. The Bertz CT molecular complexity index is 673. The number of aromatic nitrogens is 3. The smallest absolute Gasteiger partial charge is 0.167 e. The van der Waals surface area contributed by atoms with Gasteiger partial charge in [-0.2, -0.15) is 10.4 Å². The Balaban J connectivity index is 2.29. The summed E-state index contributed by atoms with van der Waals surface area (Å²) in [6.45, 7) is 6.60. The van der Waals surface area contributed by atoms with Crippen molar-refractivity contribution in [1.82, 2.24) is 15.2 Å². The molecule has 0 spiro atoms. The number of nitriles is 1. The Labute approximate surface area is 125 Å². The minimum Gasteiger partial charge on any atom is -0.362 e. The van der Waals surface area contributed by atoms with E-state index in [1.807, 2.05) is 32.9 Å². The van der Waals surface area contributed by atoms with Crippen molar-refractivity contribution in [3.63, 3.8) is 0 Å². The maximum atomic E-state index is 9.43. The van der Waals surface area contributed by atoms with Crippen LogP contribution < -0.4 is 5.32 Å². The highest BCUT2D eigenvalue weighted by Gasteiger charge is 2.14. The largest absolute Gasteiger partial charge is 0.362 e. The molecule has 2 aromatic rings. The van der Waals surface area contributed by atoms with Gasteiger partial charge in [0, 0.05) is 6.20 Å². The molecule has 0 atom stereocenters. The molecule has 0 unspecified atom stereocenters. The second-order valence-corrected chi connectivity index (χ2v) is 4.79. The molecule has 2 aromatic heterocycles. The molecule has 0 saturated carbocycles. The predicted octanol–water partition coefficient (Wildman–Crippen LogP) is 2.79. The average Bonchev–Trinajstić information content (AvgIpc) is 2.52. The van der Waals surface area contributed by atoms with Gasteiger partial charge in [-0.3, -0.25) is 4.98 Å². The maximum Gasteiger partial charge on any atom is 0.167 e. The summed E-state index contributed by atoms with van der Waals surface area (Å²) in [5.41, 5.74) is 4.53. The van der Waals surface area contributed by atoms with Crippen molar-refractivity contribution in [2.75, 3.05) is 5.32 Å². The van der Waals surface area contributed by atoms with Crippen molar-refractivity contribution in [3.05, 3.63) is 46.4 Å². The van der Waals surface area contributed by atoms with Gasteiger partial charge in [-0.05, 0) is 37.0 Å². The van der Waals surface area contributed by atoms with Gasteiger partial charge >= 0.3 is 0 Å². The van der Waals surface area contributed by atoms with Crippen LogP contribution in [0.15, 0.2) is 18.3 Å². The van der Waals surface area contributed by atoms with Crippen LogP contribution in [-0.2, 0) is 19.4 Å². The van der Waals surface area contributed by atoms with Crippen LogP contribution in [0.3, 0.4) is 0 Å². The van der Waals surface area contributed by atoms with Crippen molar-refractivity contribution in [1.29, 1.82) is 5.26 Å². The van der Waals surface area contributed by atoms with Crippen molar-refractivity contribution < 1.29 is 0 Å². The van der Waals surface area contributed by atoms with E-state index < -0.39 is 0 Å². The van der Waals surface area contributed by atoms with E-state index in [2.05, 4.69) is 26.6 Å². The minimum atomic E-state index is 0.532. The van der Waals surface area contributed by atoms with E-state index in [-0.39, 0.29) is 0 Å². The summed E-state index contributed by atoms with van der Waals surface area (Å²) in [4.78, 5) is 4.33. The summed E-state index contributed by atoms with van der Waals surface area (Å²) >= 11 is 0. The van der Waals surface area contributed by atoms with Crippen molar-refractivity contribution in [2.24, 2.45) is 0 Å². The molecule has 0 fully saturated rings. The van der Waals surface area contributed by atoms with Gasteiger partial charge < -0.3 is 5.32 Å². The van der Waals surface area contributed by atoms with Crippen LogP contribution in [0.5, 0.6) is 0 Å². The van der Waals surface area contributed by atoms with E-state index in [0.717, 1.165) is 35.4 Å². The Morgan fingerprint density at radius 3 is 2.62 bits per heavy atom. The Hall–Kier alpha value is -2.48. The number of hydrogen-bond donors (Lipinski definition) is 1. The van der Waals surface area contributed by atoms with E-state index in [4.69, 9.17) is 0 Å². The second kappa shape index (κ2) is 6.80. The fraction of sp³-hybridized carbons (Fsp3) is 0.375. The predicted molar refractivity (Wildman–Crippen MR) is 81.8 cm³/mol. The highest BCUT2D eigenvalue weighted by Crippen LogP contribution is 2.20. The molecule has 108 valence electrons. The van der Waals surface area contributed by atoms with Gasteiger partial charge in [0.1, 0.15) is 11.6 Å². The van der Waals surface area contributed by atoms with Gasteiger partial charge in [-0.25, -0.2) is 0 Å². The molecule has 2 rings (SSSR count). The van der Waals surface area contributed by atoms with Gasteiger partial charge in [-0.15, -0.1) is 5.10 Å². The maximum absolute atomic E-state index is 9.43. The molecule has 0 aliphatic carbocycles. The normalized spacial score (nSPS) is 10.2. The van der Waals surface area contributed by atoms with Gasteiger partial charge in [0.05, 0.1) is 17.9 Å². The first-order chi connectivity index (χ1) is 10.2. The van der Waals surface area contributed by atoms with Crippen molar-refractivity contribution in [2.45, 2.75) is 40.2 Å². The average molecular weight is 281 g/mol. The molecule has 0 bridgehead atoms.